The van der Waals surface area contributed by atoms with Gasteiger partial charge in [-0.1, -0.05) is 30.3 Å². The first-order valence-corrected chi connectivity index (χ1v) is 5.97. The number of carbonyl (C=O) groups excluding carboxylic acids is 2. The van der Waals surface area contributed by atoms with Crippen LogP contribution in [-0.4, -0.2) is 56.4 Å². The minimum atomic E-state index is -1.81. The zero-order valence-electron chi connectivity index (χ0n) is 10.9. The van der Waals surface area contributed by atoms with Gasteiger partial charge in [0.2, 0.25) is 5.78 Å². The molecule has 1 aromatic carbocycles. The van der Waals surface area contributed by atoms with E-state index in [4.69, 9.17) is 9.47 Å². The van der Waals surface area contributed by atoms with Crippen molar-refractivity contribution < 1.29 is 19.1 Å². The third-order valence-corrected chi connectivity index (χ3v) is 2.49. The summed E-state index contributed by atoms with van der Waals surface area (Å²) in [5.41, 5.74) is 0.398. The second kappa shape index (κ2) is 8.51. The number of hydrogen-bond donors (Lipinski definition) is 0. The molecule has 0 aromatic heterocycles. The quantitative estimate of drug-likeness (QED) is 0.410. The summed E-state index contributed by atoms with van der Waals surface area (Å²) in [5.74, 6) is -2.72. The van der Waals surface area contributed by atoms with Gasteiger partial charge in [-0.3, -0.25) is 9.59 Å². The van der Waals surface area contributed by atoms with Crippen LogP contribution in [0.3, 0.4) is 0 Å². The van der Waals surface area contributed by atoms with Gasteiger partial charge in [0.1, 0.15) is 0 Å². The van der Waals surface area contributed by atoms with E-state index in [1.165, 1.54) is 6.92 Å². The Morgan fingerprint density at radius 2 is 1.53 bits per heavy atom. The molecule has 19 heavy (non-hydrogen) atoms. The van der Waals surface area contributed by atoms with Crippen molar-refractivity contribution in [1.29, 1.82) is 0 Å². The van der Waals surface area contributed by atoms with E-state index < -0.39 is 17.4 Å². The topological polar surface area (TPSA) is 52.6 Å². The number of ketones is 2. The third kappa shape index (κ3) is 4.16. The Bertz CT molecular complexity index is 411. The van der Waals surface area contributed by atoms with Crippen molar-refractivity contribution in [2.45, 2.75) is 26.6 Å². The van der Waals surface area contributed by atoms with Gasteiger partial charge in [0, 0.05) is 25.7 Å². The van der Waals surface area contributed by atoms with E-state index >= 15 is 0 Å². The van der Waals surface area contributed by atoms with Crippen molar-refractivity contribution in [1.82, 2.24) is 0 Å². The first-order chi connectivity index (χ1) is 8.58. The first kappa shape index (κ1) is 18.4. The van der Waals surface area contributed by atoms with Crippen LogP contribution in [-0.2, 0) is 14.3 Å². The van der Waals surface area contributed by atoms with Crippen LogP contribution in [0.25, 0.3) is 0 Å². The van der Waals surface area contributed by atoms with E-state index in [0.717, 1.165) is 0 Å². The van der Waals surface area contributed by atoms with Gasteiger partial charge in [0.05, 0.1) is 0 Å². The molecule has 1 aromatic rings. The predicted molar refractivity (Wildman–Crippen MR) is 77.4 cm³/mol. The molecule has 0 aliphatic rings. The Morgan fingerprint density at radius 3 is 1.89 bits per heavy atom. The maximum absolute atomic E-state index is 12.4. The predicted octanol–water partition coefficient (Wildman–Crippen LogP) is 1.04. The summed E-state index contributed by atoms with van der Waals surface area (Å²) >= 11 is 0. The van der Waals surface area contributed by atoms with Gasteiger partial charge in [0.15, 0.2) is 5.78 Å². The van der Waals surface area contributed by atoms with E-state index in [2.05, 4.69) is 0 Å². The van der Waals surface area contributed by atoms with Crippen molar-refractivity contribution in [3.8, 4) is 0 Å². The van der Waals surface area contributed by atoms with Crippen molar-refractivity contribution in [3.05, 3.63) is 35.9 Å². The number of ether oxygens (including phenoxy) is 2. The average molecular weight is 368 g/mol. The number of rotatable bonds is 7. The van der Waals surface area contributed by atoms with Crippen LogP contribution >= 0.6 is 0 Å². The standard InChI is InChI=1S/C14H18O4.In.3H/c1-4-17-14(11(3)15,18-5-2)13(16)12-9-7-6-8-10-12;;;;/h6-10H,4-5H2,1-3H3;;;;. The zero-order valence-corrected chi connectivity index (χ0v) is 10.9. The van der Waals surface area contributed by atoms with Gasteiger partial charge in [-0.25, -0.2) is 0 Å². The second-order valence-electron chi connectivity index (χ2n) is 3.73. The number of Topliss-reactive ketones (excluding diaryl/α,β-unsaturated/α-hetero) is 2. The van der Waals surface area contributed by atoms with Gasteiger partial charge < -0.3 is 9.47 Å². The van der Waals surface area contributed by atoms with Gasteiger partial charge in [-0.05, 0) is 13.8 Å². The monoisotopic (exact) mass is 368 g/mol. The number of benzene rings is 1. The zero-order chi connectivity index (χ0) is 13.6. The molecule has 0 bridgehead atoms. The summed E-state index contributed by atoms with van der Waals surface area (Å²) in [4.78, 5) is 24.2. The normalized spacial score (nSPS) is 10.7. The van der Waals surface area contributed by atoms with Gasteiger partial charge in [-0.15, -0.1) is 0 Å². The Morgan fingerprint density at radius 1 is 1.05 bits per heavy atom. The Kier molecular flexibility index (Phi) is 8.22. The average Bonchev–Trinajstić information content (AvgIpc) is 2.38. The molecule has 0 aliphatic heterocycles. The van der Waals surface area contributed by atoms with Crippen molar-refractivity contribution in [2.24, 2.45) is 0 Å². The minimum absolute atomic E-state index is 0. The molecule has 0 saturated heterocycles. The molecule has 0 N–H and O–H groups in total. The molecule has 4 nitrogen and oxygen atoms in total. The fraction of sp³-hybridized carbons (Fsp3) is 0.429. The van der Waals surface area contributed by atoms with E-state index in [0.29, 0.717) is 5.56 Å². The van der Waals surface area contributed by atoms with Crippen LogP contribution in [0.5, 0.6) is 0 Å². The maximum atomic E-state index is 12.4. The Balaban J connectivity index is 0.00000324. The number of hydrogen-bond acceptors (Lipinski definition) is 4. The van der Waals surface area contributed by atoms with E-state index in [-0.39, 0.29) is 39.1 Å². The molecule has 0 saturated carbocycles. The molecule has 0 aliphatic carbocycles. The Labute approximate surface area is 132 Å². The van der Waals surface area contributed by atoms with Gasteiger partial charge in [0.25, 0.3) is 5.79 Å². The molecule has 0 spiro atoms. The first-order valence-electron chi connectivity index (χ1n) is 5.97. The van der Waals surface area contributed by atoms with E-state index in [1.807, 2.05) is 0 Å². The fourth-order valence-corrected chi connectivity index (χ4v) is 1.72. The molecule has 0 radical (unpaired) electrons. The summed E-state index contributed by atoms with van der Waals surface area (Å²) in [6.07, 6.45) is 0. The molecule has 0 fully saturated rings. The van der Waals surface area contributed by atoms with Gasteiger partial charge in [-0.2, -0.15) is 0 Å². The van der Waals surface area contributed by atoms with Crippen molar-refractivity contribution >= 4 is 37.4 Å². The molecule has 0 amide bonds. The van der Waals surface area contributed by atoms with Gasteiger partial charge >= 0.3 is 25.8 Å². The van der Waals surface area contributed by atoms with Crippen LogP contribution in [0.15, 0.2) is 30.3 Å². The molecule has 5 heteroatoms. The summed E-state index contributed by atoms with van der Waals surface area (Å²) in [6, 6.07) is 8.54. The number of carbonyl (C=O) groups is 2. The SMILES string of the molecule is CCOC(OCC)(C(C)=O)C(=O)c1ccccc1.[InH3]. The summed E-state index contributed by atoms with van der Waals surface area (Å²) < 4.78 is 10.7. The van der Waals surface area contributed by atoms with E-state index in [1.54, 1.807) is 44.2 Å². The molecular formula is C14H21InO4. The molecule has 0 unspecified atom stereocenters. The molecule has 0 heterocycles. The molecule has 0 atom stereocenters. The van der Waals surface area contributed by atoms with Crippen molar-refractivity contribution in [3.63, 3.8) is 0 Å². The molecular weight excluding hydrogens is 347 g/mol. The summed E-state index contributed by atoms with van der Waals surface area (Å²) in [5, 5.41) is 0. The van der Waals surface area contributed by atoms with Crippen LogP contribution in [0.4, 0.5) is 0 Å². The molecule has 1 rings (SSSR count). The van der Waals surface area contributed by atoms with Crippen LogP contribution in [0.1, 0.15) is 31.1 Å². The summed E-state index contributed by atoms with van der Waals surface area (Å²) in [6.45, 7) is 5.17. The fourth-order valence-electron chi connectivity index (χ4n) is 1.72. The summed E-state index contributed by atoms with van der Waals surface area (Å²) in [7, 11) is 0. The van der Waals surface area contributed by atoms with E-state index in [9.17, 15) is 9.59 Å². The van der Waals surface area contributed by atoms with Crippen LogP contribution in [0, 0.1) is 0 Å². The Hall–Kier alpha value is -0.650. The van der Waals surface area contributed by atoms with Crippen molar-refractivity contribution in [2.75, 3.05) is 13.2 Å². The van der Waals surface area contributed by atoms with Crippen LogP contribution in [0.2, 0.25) is 0 Å². The molecule has 104 valence electrons. The third-order valence-electron chi connectivity index (χ3n) is 2.49. The second-order valence-corrected chi connectivity index (χ2v) is 3.73. The van der Waals surface area contributed by atoms with Crippen LogP contribution < -0.4 is 0 Å².